The molecule has 1 amide bonds. The topological polar surface area (TPSA) is 99.2 Å². The van der Waals surface area contributed by atoms with Crippen LogP contribution in [-0.4, -0.2) is 32.1 Å². The molecule has 0 bridgehead atoms. The van der Waals surface area contributed by atoms with Crippen LogP contribution < -0.4 is 16.2 Å². The molecule has 0 saturated carbocycles. The van der Waals surface area contributed by atoms with Crippen molar-refractivity contribution < 1.29 is 9.90 Å². The molecular weight excluding hydrogens is 352 g/mol. The molecule has 0 aliphatic carbocycles. The molecule has 4 N–H and O–H groups in total. The second kappa shape index (κ2) is 6.23. The van der Waals surface area contributed by atoms with Gasteiger partial charge in [0.1, 0.15) is 0 Å². The zero-order chi connectivity index (χ0) is 17.4. The highest BCUT2D eigenvalue weighted by Crippen LogP contribution is 2.15. The van der Waals surface area contributed by atoms with Crippen molar-refractivity contribution >= 4 is 40.9 Å². The highest BCUT2D eigenvalue weighted by molar-refractivity contribution is 7.80. The number of hydrogen-bond acceptors (Lipinski definition) is 4. The number of halogens is 1. The van der Waals surface area contributed by atoms with Crippen LogP contribution in [0.3, 0.4) is 0 Å². The number of H-pyrrole nitrogens is 1. The van der Waals surface area contributed by atoms with Gasteiger partial charge in [-0.25, -0.2) is 4.68 Å². The number of benzene rings is 1. The number of aliphatic hydroxyl groups excluding tert-OH is 1. The van der Waals surface area contributed by atoms with Crippen LogP contribution in [0.4, 0.5) is 0 Å². The second-order valence-electron chi connectivity index (χ2n) is 5.20. The number of aromatic nitrogens is 2. The average Bonchev–Trinajstić information content (AvgIpc) is 2.79. The number of hydrogen-bond donors (Lipinski definition) is 4. The van der Waals surface area contributed by atoms with Crippen molar-refractivity contribution in [1.29, 1.82) is 0 Å². The number of thiocarbonyl (C=S) groups is 1. The maximum absolute atomic E-state index is 12.6. The lowest BCUT2D eigenvalue weighted by molar-refractivity contribution is -0.117. The Morgan fingerprint density at radius 3 is 2.58 bits per heavy atom. The molecule has 1 aliphatic heterocycles. The summed E-state index contributed by atoms with van der Waals surface area (Å²) in [6, 6.07) is 6.72. The van der Waals surface area contributed by atoms with Gasteiger partial charge >= 0.3 is 0 Å². The molecule has 2 heterocycles. The molecule has 1 unspecified atom stereocenters. The molecule has 7 nitrogen and oxygen atoms in total. The molecule has 0 spiro atoms. The summed E-state index contributed by atoms with van der Waals surface area (Å²) >= 11 is 10.6. The summed E-state index contributed by atoms with van der Waals surface area (Å²) in [6.45, 7) is 1.70. The first-order valence-corrected chi connectivity index (χ1v) is 7.74. The van der Waals surface area contributed by atoms with Crippen LogP contribution in [0.1, 0.15) is 11.3 Å². The van der Waals surface area contributed by atoms with Crippen molar-refractivity contribution in [2.75, 3.05) is 0 Å². The van der Waals surface area contributed by atoms with E-state index in [1.165, 1.54) is 10.8 Å². The van der Waals surface area contributed by atoms with E-state index in [0.29, 0.717) is 16.4 Å². The molecule has 2 aromatic rings. The lowest BCUT2D eigenvalue weighted by Crippen LogP contribution is -2.53. The van der Waals surface area contributed by atoms with Gasteiger partial charge in [0.25, 0.3) is 11.5 Å². The highest BCUT2D eigenvalue weighted by Gasteiger charge is 2.27. The summed E-state index contributed by atoms with van der Waals surface area (Å²) in [5, 5.41) is 18.4. The lowest BCUT2D eigenvalue weighted by atomic mass is 10.1. The van der Waals surface area contributed by atoms with E-state index in [2.05, 4.69) is 15.7 Å². The fourth-order valence-electron chi connectivity index (χ4n) is 2.34. The van der Waals surface area contributed by atoms with Crippen molar-refractivity contribution in [3.8, 4) is 5.69 Å². The Balaban J connectivity index is 2.05. The first-order valence-electron chi connectivity index (χ1n) is 6.96. The van der Waals surface area contributed by atoms with Crippen LogP contribution in [0.15, 0.2) is 34.6 Å². The molecule has 124 valence electrons. The minimum atomic E-state index is -1.27. The molecule has 1 aromatic heterocycles. The van der Waals surface area contributed by atoms with E-state index in [1.54, 1.807) is 31.2 Å². The van der Waals surface area contributed by atoms with E-state index < -0.39 is 12.1 Å². The second-order valence-corrected chi connectivity index (χ2v) is 6.04. The normalized spacial score (nSPS) is 19.3. The highest BCUT2D eigenvalue weighted by atomic mass is 35.5. The van der Waals surface area contributed by atoms with Crippen LogP contribution in [0.25, 0.3) is 11.8 Å². The fourth-order valence-corrected chi connectivity index (χ4v) is 2.67. The molecule has 1 atom stereocenters. The van der Waals surface area contributed by atoms with Crippen molar-refractivity contribution in [1.82, 2.24) is 20.4 Å². The minimum Gasteiger partial charge on any atom is -0.369 e. The molecule has 9 heteroatoms. The summed E-state index contributed by atoms with van der Waals surface area (Å²) in [5.41, 5.74) is 1.07. The summed E-state index contributed by atoms with van der Waals surface area (Å²) < 4.78 is 1.34. The number of aryl methyl sites for hydroxylation is 1. The number of nitrogens with one attached hydrogen (secondary N) is 3. The van der Waals surface area contributed by atoms with Gasteiger partial charge in [-0.1, -0.05) is 11.6 Å². The Bertz CT molecular complexity index is 914. The maximum Gasteiger partial charge on any atom is 0.278 e. The molecule has 1 aromatic carbocycles. The van der Waals surface area contributed by atoms with Crippen LogP contribution in [0.2, 0.25) is 5.02 Å². The minimum absolute atomic E-state index is 0.00561. The Kier molecular flexibility index (Phi) is 4.27. The monoisotopic (exact) mass is 364 g/mol. The Labute approximate surface area is 146 Å². The van der Waals surface area contributed by atoms with Crippen molar-refractivity contribution in [3.63, 3.8) is 0 Å². The summed E-state index contributed by atoms with van der Waals surface area (Å²) in [7, 11) is 0. The SMILES string of the molecule is Cc1[nH]n(-c2ccc(Cl)cc2)c(=O)c1C=C1C(=O)NC(=S)NC1O. The van der Waals surface area contributed by atoms with Gasteiger partial charge in [0.05, 0.1) is 16.8 Å². The third-order valence-electron chi connectivity index (χ3n) is 3.55. The number of carbonyl (C=O) groups excluding carboxylic acids is 1. The van der Waals surface area contributed by atoms with Gasteiger partial charge in [0.2, 0.25) is 0 Å². The summed E-state index contributed by atoms with van der Waals surface area (Å²) in [6.07, 6.45) is 0.0685. The van der Waals surface area contributed by atoms with Gasteiger partial charge in [-0.15, -0.1) is 0 Å². The summed E-state index contributed by atoms with van der Waals surface area (Å²) in [4.78, 5) is 24.6. The number of aliphatic hydroxyl groups is 1. The molecule has 1 aliphatic rings. The van der Waals surface area contributed by atoms with E-state index in [9.17, 15) is 14.7 Å². The van der Waals surface area contributed by atoms with Gasteiger partial charge in [-0.3, -0.25) is 20.0 Å². The standard InChI is InChI=1S/C15H13ClN4O3S/c1-7-10(6-11-12(21)17-15(24)18-13(11)22)14(23)20(19-7)9-4-2-8(16)3-5-9/h2-6,12,19,21H,1H3,(H2,17,18,22,24). The van der Waals surface area contributed by atoms with Gasteiger partial charge in [0, 0.05) is 10.7 Å². The van der Waals surface area contributed by atoms with Gasteiger partial charge in [-0.2, -0.15) is 0 Å². The van der Waals surface area contributed by atoms with E-state index in [0.717, 1.165) is 0 Å². The number of amides is 1. The smallest absolute Gasteiger partial charge is 0.278 e. The Hall–Kier alpha value is -2.42. The molecule has 0 radical (unpaired) electrons. The van der Waals surface area contributed by atoms with Crippen LogP contribution >= 0.6 is 23.8 Å². The molecule has 24 heavy (non-hydrogen) atoms. The van der Waals surface area contributed by atoms with Crippen LogP contribution in [-0.2, 0) is 4.79 Å². The molecule has 3 rings (SSSR count). The number of rotatable bonds is 2. The van der Waals surface area contributed by atoms with Crippen molar-refractivity contribution in [2.45, 2.75) is 13.2 Å². The average molecular weight is 365 g/mol. The molecule has 1 saturated heterocycles. The van der Waals surface area contributed by atoms with Gasteiger partial charge in [-0.05, 0) is 49.5 Å². The summed E-state index contributed by atoms with van der Waals surface area (Å²) in [5.74, 6) is -0.552. The molecular formula is C15H13ClN4O3S. The molecule has 1 fully saturated rings. The largest absolute Gasteiger partial charge is 0.369 e. The van der Waals surface area contributed by atoms with Crippen LogP contribution in [0, 0.1) is 6.92 Å². The number of nitrogens with zero attached hydrogens (tertiary/aromatic N) is 1. The zero-order valence-corrected chi connectivity index (χ0v) is 14.0. The van der Waals surface area contributed by atoms with Gasteiger partial charge < -0.3 is 10.4 Å². The first-order chi connectivity index (χ1) is 11.4. The number of aromatic amines is 1. The van der Waals surface area contributed by atoms with E-state index in [1.807, 2.05) is 0 Å². The maximum atomic E-state index is 12.6. The van der Waals surface area contributed by atoms with Crippen molar-refractivity contribution in [2.24, 2.45) is 0 Å². The fraction of sp³-hybridized carbons (Fsp3) is 0.133. The quantitative estimate of drug-likeness (QED) is 0.467. The Morgan fingerprint density at radius 2 is 1.96 bits per heavy atom. The third-order valence-corrected chi connectivity index (χ3v) is 4.03. The first kappa shape index (κ1) is 16.4. The number of carbonyl (C=O) groups is 1. The Morgan fingerprint density at radius 1 is 1.29 bits per heavy atom. The van der Waals surface area contributed by atoms with E-state index in [-0.39, 0.29) is 21.8 Å². The van der Waals surface area contributed by atoms with E-state index in [4.69, 9.17) is 23.8 Å². The predicted molar refractivity (Wildman–Crippen MR) is 94.0 cm³/mol. The zero-order valence-electron chi connectivity index (χ0n) is 12.5. The van der Waals surface area contributed by atoms with Crippen LogP contribution in [0.5, 0.6) is 0 Å². The van der Waals surface area contributed by atoms with E-state index >= 15 is 0 Å². The van der Waals surface area contributed by atoms with Gasteiger partial charge in [0.15, 0.2) is 11.3 Å². The third kappa shape index (κ3) is 2.99. The lowest BCUT2D eigenvalue weighted by Gasteiger charge is -2.23. The van der Waals surface area contributed by atoms with Crippen molar-refractivity contribution in [3.05, 3.63) is 56.5 Å². The predicted octanol–water partition coefficient (Wildman–Crippen LogP) is 0.834.